The van der Waals surface area contributed by atoms with Crippen LogP contribution in [0, 0.1) is 0 Å². The van der Waals surface area contributed by atoms with E-state index in [-0.39, 0.29) is 29.9 Å². The molecule has 1 N–H and O–H groups in total. The van der Waals surface area contributed by atoms with E-state index in [4.69, 9.17) is 4.99 Å². The van der Waals surface area contributed by atoms with Gasteiger partial charge in [-0.25, -0.2) is 4.99 Å². The van der Waals surface area contributed by atoms with Crippen LogP contribution in [0.2, 0.25) is 0 Å². The first-order valence-electron chi connectivity index (χ1n) is 11.4. The summed E-state index contributed by atoms with van der Waals surface area (Å²) in [4.78, 5) is 25.8. The first kappa shape index (κ1) is 25.9. The van der Waals surface area contributed by atoms with Gasteiger partial charge in [0.1, 0.15) is 0 Å². The van der Waals surface area contributed by atoms with Gasteiger partial charge in [0.05, 0.1) is 6.54 Å². The summed E-state index contributed by atoms with van der Waals surface area (Å²) in [5.74, 6) is 1.11. The SMILES string of the molecule is CCNC(=NCc1ccccc1CN1CCN(CC)CC1)N1CCN(C(C)=O)CC1.I. The number of guanidine groups is 1. The predicted molar refractivity (Wildman–Crippen MR) is 138 cm³/mol. The standard InChI is InChI=1S/C23H38N6O.HI/c1-4-24-23(29-16-14-28(15-17-29)20(3)30)25-18-21-8-6-7-9-22(21)19-27-12-10-26(5-2)11-13-27;/h6-9H,4-5,10-19H2,1-3H3,(H,24,25);1H. The highest BCUT2D eigenvalue weighted by Crippen LogP contribution is 2.15. The van der Waals surface area contributed by atoms with Gasteiger partial charge in [-0.15, -0.1) is 24.0 Å². The van der Waals surface area contributed by atoms with Crippen molar-refractivity contribution in [3.05, 3.63) is 35.4 Å². The summed E-state index contributed by atoms with van der Waals surface area (Å²) in [7, 11) is 0. The minimum Gasteiger partial charge on any atom is -0.357 e. The number of nitrogens with one attached hydrogen (secondary N) is 1. The highest BCUT2D eigenvalue weighted by Gasteiger charge is 2.21. The lowest BCUT2D eigenvalue weighted by Gasteiger charge is -2.36. The number of amides is 1. The molecule has 2 fully saturated rings. The van der Waals surface area contributed by atoms with Crippen molar-refractivity contribution >= 4 is 35.8 Å². The third-order valence-corrected chi connectivity index (χ3v) is 6.18. The normalized spacial score (nSPS) is 18.6. The molecule has 0 unspecified atom stereocenters. The van der Waals surface area contributed by atoms with E-state index in [1.54, 1.807) is 6.92 Å². The Balaban J connectivity index is 0.00000341. The van der Waals surface area contributed by atoms with E-state index in [0.717, 1.165) is 78.0 Å². The van der Waals surface area contributed by atoms with Gasteiger partial charge in [0.2, 0.25) is 5.91 Å². The molecule has 8 heteroatoms. The number of likely N-dealkylation sites (N-methyl/N-ethyl adjacent to an activating group) is 1. The van der Waals surface area contributed by atoms with Gasteiger partial charge >= 0.3 is 0 Å². The molecule has 31 heavy (non-hydrogen) atoms. The molecule has 0 radical (unpaired) electrons. The molecule has 0 aliphatic carbocycles. The third kappa shape index (κ3) is 7.61. The average molecular weight is 543 g/mol. The first-order chi connectivity index (χ1) is 14.6. The Kier molecular flexibility index (Phi) is 11.0. The smallest absolute Gasteiger partial charge is 0.219 e. The molecule has 0 aromatic heterocycles. The van der Waals surface area contributed by atoms with Crippen molar-refractivity contribution < 1.29 is 4.79 Å². The molecular formula is C23H39IN6O. The second-order valence-electron chi connectivity index (χ2n) is 8.14. The molecule has 1 aromatic rings. The van der Waals surface area contributed by atoms with Crippen molar-refractivity contribution in [3.63, 3.8) is 0 Å². The Bertz CT molecular complexity index is 712. The lowest BCUT2D eigenvalue weighted by molar-refractivity contribution is -0.130. The highest BCUT2D eigenvalue weighted by molar-refractivity contribution is 14.0. The summed E-state index contributed by atoms with van der Waals surface area (Å²) in [5.41, 5.74) is 2.68. The Morgan fingerprint density at radius 1 is 0.903 bits per heavy atom. The van der Waals surface area contributed by atoms with Gasteiger partial charge in [0, 0.05) is 72.4 Å². The maximum Gasteiger partial charge on any atom is 0.219 e. The Morgan fingerprint density at radius 2 is 1.48 bits per heavy atom. The van der Waals surface area contributed by atoms with E-state index in [1.807, 2.05) is 4.90 Å². The lowest BCUT2D eigenvalue weighted by Crippen LogP contribution is -2.53. The molecule has 1 amide bonds. The van der Waals surface area contributed by atoms with Gasteiger partial charge in [0.25, 0.3) is 0 Å². The van der Waals surface area contributed by atoms with E-state index in [2.05, 4.69) is 58.1 Å². The van der Waals surface area contributed by atoms with Crippen molar-refractivity contribution in [3.8, 4) is 0 Å². The molecule has 0 spiro atoms. The van der Waals surface area contributed by atoms with E-state index in [9.17, 15) is 4.79 Å². The minimum atomic E-state index is 0. The number of hydrogen-bond donors (Lipinski definition) is 1. The topological polar surface area (TPSA) is 54.4 Å². The number of carbonyl (C=O) groups excluding carboxylic acids is 1. The van der Waals surface area contributed by atoms with Crippen LogP contribution in [0.5, 0.6) is 0 Å². The van der Waals surface area contributed by atoms with Crippen LogP contribution in [0.3, 0.4) is 0 Å². The van der Waals surface area contributed by atoms with Crippen molar-refractivity contribution in [2.24, 2.45) is 4.99 Å². The number of piperazine rings is 2. The molecule has 7 nitrogen and oxygen atoms in total. The van der Waals surface area contributed by atoms with Crippen molar-refractivity contribution in [2.75, 3.05) is 65.4 Å². The zero-order chi connectivity index (χ0) is 21.3. The predicted octanol–water partition coefficient (Wildman–Crippen LogP) is 2.07. The third-order valence-electron chi connectivity index (χ3n) is 6.18. The van der Waals surface area contributed by atoms with Crippen LogP contribution in [0.15, 0.2) is 29.3 Å². The summed E-state index contributed by atoms with van der Waals surface area (Å²) in [6.45, 7) is 17.4. The molecule has 0 atom stereocenters. The fourth-order valence-corrected chi connectivity index (χ4v) is 4.19. The monoisotopic (exact) mass is 542 g/mol. The van der Waals surface area contributed by atoms with Gasteiger partial charge in [-0.05, 0) is 24.6 Å². The first-order valence-corrected chi connectivity index (χ1v) is 11.4. The summed E-state index contributed by atoms with van der Waals surface area (Å²) in [5, 5.41) is 3.44. The molecular weight excluding hydrogens is 503 g/mol. The van der Waals surface area contributed by atoms with Crippen LogP contribution in [-0.4, -0.2) is 96.9 Å². The molecule has 2 heterocycles. The number of rotatable bonds is 6. The lowest BCUT2D eigenvalue weighted by atomic mass is 10.1. The van der Waals surface area contributed by atoms with Crippen LogP contribution in [0.4, 0.5) is 0 Å². The van der Waals surface area contributed by atoms with Crippen molar-refractivity contribution in [1.29, 1.82) is 0 Å². The summed E-state index contributed by atoms with van der Waals surface area (Å²) >= 11 is 0. The number of benzene rings is 1. The van der Waals surface area contributed by atoms with E-state index < -0.39 is 0 Å². The fraction of sp³-hybridized carbons (Fsp3) is 0.652. The Labute approximate surface area is 204 Å². The van der Waals surface area contributed by atoms with E-state index >= 15 is 0 Å². The summed E-state index contributed by atoms with van der Waals surface area (Å²) < 4.78 is 0. The number of aliphatic imine (C=N–C) groups is 1. The van der Waals surface area contributed by atoms with Crippen LogP contribution in [0.1, 0.15) is 31.9 Å². The number of nitrogens with zero attached hydrogens (tertiary/aromatic N) is 5. The van der Waals surface area contributed by atoms with Gasteiger partial charge in [-0.3, -0.25) is 9.69 Å². The molecule has 2 saturated heterocycles. The van der Waals surface area contributed by atoms with Crippen LogP contribution >= 0.6 is 24.0 Å². The Hall–Kier alpha value is -1.39. The number of carbonyl (C=O) groups is 1. The zero-order valence-corrected chi connectivity index (χ0v) is 21.7. The second-order valence-corrected chi connectivity index (χ2v) is 8.14. The van der Waals surface area contributed by atoms with Gasteiger partial charge < -0.3 is 20.0 Å². The molecule has 2 aliphatic rings. The molecule has 0 saturated carbocycles. The molecule has 1 aromatic carbocycles. The molecule has 174 valence electrons. The summed E-state index contributed by atoms with van der Waals surface area (Å²) in [6, 6.07) is 8.70. The van der Waals surface area contributed by atoms with Crippen LogP contribution < -0.4 is 5.32 Å². The van der Waals surface area contributed by atoms with Crippen molar-refractivity contribution in [2.45, 2.75) is 33.9 Å². The van der Waals surface area contributed by atoms with Crippen LogP contribution in [-0.2, 0) is 17.9 Å². The molecule has 0 bridgehead atoms. The largest absolute Gasteiger partial charge is 0.357 e. The maximum absolute atomic E-state index is 11.6. The minimum absolute atomic E-state index is 0. The maximum atomic E-state index is 11.6. The highest BCUT2D eigenvalue weighted by atomic mass is 127. The number of halogens is 1. The van der Waals surface area contributed by atoms with Gasteiger partial charge in [0.15, 0.2) is 5.96 Å². The van der Waals surface area contributed by atoms with Gasteiger partial charge in [-0.2, -0.15) is 0 Å². The zero-order valence-electron chi connectivity index (χ0n) is 19.3. The molecule has 2 aliphatic heterocycles. The Morgan fingerprint density at radius 3 is 2.06 bits per heavy atom. The van der Waals surface area contributed by atoms with Gasteiger partial charge in [-0.1, -0.05) is 31.2 Å². The second kappa shape index (κ2) is 13.2. The van der Waals surface area contributed by atoms with Crippen LogP contribution in [0.25, 0.3) is 0 Å². The average Bonchev–Trinajstić information content (AvgIpc) is 2.78. The summed E-state index contributed by atoms with van der Waals surface area (Å²) in [6.07, 6.45) is 0. The molecule has 3 rings (SSSR count). The van der Waals surface area contributed by atoms with Crippen molar-refractivity contribution in [1.82, 2.24) is 24.9 Å². The van der Waals surface area contributed by atoms with E-state index in [1.165, 1.54) is 11.1 Å². The number of hydrogen-bond acceptors (Lipinski definition) is 4. The van der Waals surface area contributed by atoms with E-state index in [0.29, 0.717) is 6.54 Å². The fourth-order valence-electron chi connectivity index (χ4n) is 4.19. The quantitative estimate of drug-likeness (QED) is 0.339.